The van der Waals surface area contributed by atoms with Gasteiger partial charge in [0.15, 0.2) is 5.96 Å². The number of nitrogens with two attached hydrogens (primary N) is 1. The zero-order chi connectivity index (χ0) is 51.1. The van der Waals surface area contributed by atoms with Crippen molar-refractivity contribution >= 4 is 47.4 Å². The fourth-order valence-electron chi connectivity index (χ4n) is 7.46. The van der Waals surface area contributed by atoms with Crippen LogP contribution in [0, 0.1) is 11.6 Å². The topological polar surface area (TPSA) is 270 Å². The van der Waals surface area contributed by atoms with Gasteiger partial charge in [0.05, 0.1) is 0 Å². The molecule has 1 aliphatic rings. The van der Waals surface area contributed by atoms with Gasteiger partial charge in [-0.3, -0.25) is 24.1 Å². The number of ether oxygens (including phenoxy) is 1. The van der Waals surface area contributed by atoms with E-state index >= 15 is 0 Å². The molecule has 1 heterocycles. The molecule has 0 fully saturated rings. The first-order chi connectivity index (χ1) is 33.4. The molecule has 0 radical (unpaired) electrons. The lowest BCUT2D eigenvalue weighted by atomic mass is 10.0. The average molecular weight is 978 g/mol. The molecule has 0 bridgehead atoms. The highest BCUT2D eigenvalue weighted by Gasteiger charge is 2.35. The van der Waals surface area contributed by atoms with Crippen molar-refractivity contribution in [3.05, 3.63) is 94.6 Å². The monoisotopic (exact) mass is 978 g/mol. The smallest absolute Gasteiger partial charge is 0.407 e. The Morgan fingerprint density at radius 1 is 0.757 bits per heavy atom. The van der Waals surface area contributed by atoms with Crippen molar-refractivity contribution in [3.8, 4) is 5.75 Å². The van der Waals surface area contributed by atoms with Gasteiger partial charge in [-0.2, -0.15) is 4.99 Å². The molecule has 2 atom stereocenters. The lowest BCUT2D eigenvalue weighted by molar-refractivity contribution is -0.132. The summed E-state index contributed by atoms with van der Waals surface area (Å²) in [5.41, 5.74) is 8.42. The molecular formula is C49H69F2N11O8. The number of urea groups is 1. The number of nitrogens with zero attached hydrogens (tertiary/aromatic N) is 2. The highest BCUT2D eigenvalue weighted by Crippen LogP contribution is 2.35. The van der Waals surface area contributed by atoms with Crippen LogP contribution in [0.2, 0.25) is 0 Å². The second kappa shape index (κ2) is 28.5. The van der Waals surface area contributed by atoms with Gasteiger partial charge >= 0.3 is 12.1 Å². The van der Waals surface area contributed by atoms with Crippen molar-refractivity contribution in [3.63, 3.8) is 0 Å². The van der Waals surface area contributed by atoms with Crippen molar-refractivity contribution in [1.82, 2.24) is 42.1 Å². The van der Waals surface area contributed by atoms with Crippen LogP contribution in [-0.2, 0) is 43.5 Å². The Kier molecular flexibility index (Phi) is 22.6. The second-order valence-corrected chi connectivity index (χ2v) is 17.7. The third-order valence-electron chi connectivity index (χ3n) is 10.9. The van der Waals surface area contributed by atoms with Crippen LogP contribution in [0.5, 0.6) is 5.75 Å². The largest absolute Gasteiger partial charge is 0.508 e. The Labute approximate surface area is 407 Å². The van der Waals surface area contributed by atoms with Crippen molar-refractivity contribution < 1.29 is 47.4 Å². The molecule has 0 aliphatic carbocycles. The molecule has 11 N–H and O–H groups in total. The summed E-state index contributed by atoms with van der Waals surface area (Å²) in [5, 5.41) is 32.1. The van der Waals surface area contributed by atoms with Gasteiger partial charge in [-0.15, -0.1) is 0 Å². The molecule has 1 aliphatic heterocycles. The first kappa shape index (κ1) is 55.6. The van der Waals surface area contributed by atoms with E-state index in [0.29, 0.717) is 64.0 Å². The summed E-state index contributed by atoms with van der Waals surface area (Å²) in [6.45, 7) is 9.33. The molecule has 0 saturated heterocycles. The van der Waals surface area contributed by atoms with Crippen LogP contribution in [0.15, 0.2) is 65.7 Å². The van der Waals surface area contributed by atoms with Gasteiger partial charge in [-0.05, 0) is 75.6 Å². The number of rotatable bonds is 26. The number of aromatic hydroxyl groups is 1. The maximum Gasteiger partial charge on any atom is 0.407 e. The minimum absolute atomic E-state index is 0.0348. The van der Waals surface area contributed by atoms with Gasteiger partial charge in [0, 0.05) is 95.1 Å². The number of hydrogen-bond donors (Lipinski definition) is 10. The quantitative estimate of drug-likeness (QED) is 0.0304. The molecule has 0 spiro atoms. The van der Waals surface area contributed by atoms with E-state index in [9.17, 15) is 42.7 Å². The molecule has 382 valence electrons. The number of nitrogens with one attached hydrogen (secondary N) is 8. The van der Waals surface area contributed by atoms with E-state index in [0.717, 1.165) is 41.8 Å². The molecule has 0 saturated carbocycles. The summed E-state index contributed by atoms with van der Waals surface area (Å²) in [6.07, 6.45) is 3.38. The van der Waals surface area contributed by atoms with E-state index in [1.165, 1.54) is 0 Å². The predicted molar refractivity (Wildman–Crippen MR) is 261 cm³/mol. The Bertz CT molecular complexity index is 2240. The number of guanidine groups is 1. The average Bonchev–Trinajstić information content (AvgIpc) is 3.73. The van der Waals surface area contributed by atoms with Gasteiger partial charge in [0.2, 0.25) is 23.6 Å². The minimum atomic E-state index is -1.20. The lowest BCUT2D eigenvalue weighted by Crippen LogP contribution is -2.50. The standard InChI is InChI=1S/C49H69F2N11O8/c1-5-41(64)55-25-26-57-47(68)61-46(52)56-22-13-19-40(44(66)59-29-35-37(50)27-34(63)28-38(35)51)60-45(67)43(32-15-8-6-9-16-32)62-30-33-17-12-18-39(36(33)31-62)53-23-14-24-54-42(65)20-10-7-11-21-58-48(69)70-49(2,3)4/h6,8-9,12,15-18,27-28,40,43,53,63H,5,7,10-11,13-14,19-26,29-31H2,1-4H3,(H,54,65)(H,55,64)(H,58,69)(H,59,66)(H,60,67)(H4,52,56,57,61,68)/t40-,43+/m1/s1. The SMILES string of the molecule is CCC(=O)NCCNC(=O)/N=C(/N)NCCC[C@@H](NC(=O)[C@H](c1ccccc1)N1Cc2cccc(NCCCNC(=O)CCCCCNC(=O)OC(C)(C)C)c2C1)C(=O)NCc1c(F)cc(O)cc1F. The highest BCUT2D eigenvalue weighted by atomic mass is 19.1. The van der Waals surface area contributed by atoms with Crippen LogP contribution in [0.4, 0.5) is 24.1 Å². The van der Waals surface area contributed by atoms with E-state index in [1.807, 2.05) is 53.4 Å². The van der Waals surface area contributed by atoms with Gasteiger partial charge in [0.1, 0.15) is 35.1 Å². The normalized spacial score (nSPS) is 13.3. The highest BCUT2D eigenvalue weighted by molar-refractivity contribution is 5.92. The number of halogens is 2. The number of amides is 7. The third-order valence-corrected chi connectivity index (χ3v) is 10.9. The Morgan fingerprint density at radius 3 is 2.16 bits per heavy atom. The number of carbonyl (C=O) groups excluding carboxylic acids is 6. The fourth-order valence-corrected chi connectivity index (χ4v) is 7.46. The molecular weight excluding hydrogens is 909 g/mol. The van der Waals surface area contributed by atoms with Gasteiger partial charge in [-0.25, -0.2) is 18.4 Å². The molecule has 7 amide bonds. The van der Waals surface area contributed by atoms with Crippen LogP contribution in [0.25, 0.3) is 0 Å². The second-order valence-electron chi connectivity index (χ2n) is 17.7. The van der Waals surface area contributed by atoms with Gasteiger partial charge in [0.25, 0.3) is 0 Å². The molecule has 3 aromatic carbocycles. The van der Waals surface area contributed by atoms with Crippen LogP contribution >= 0.6 is 0 Å². The summed E-state index contributed by atoms with van der Waals surface area (Å²) in [7, 11) is 0. The van der Waals surface area contributed by atoms with Gasteiger partial charge < -0.3 is 58.1 Å². The zero-order valence-electron chi connectivity index (χ0n) is 40.5. The maximum atomic E-state index is 14.6. The molecule has 0 aromatic heterocycles. The molecule has 70 heavy (non-hydrogen) atoms. The predicted octanol–water partition coefficient (Wildman–Crippen LogP) is 4.45. The Morgan fingerprint density at radius 2 is 1.44 bits per heavy atom. The number of phenolic OH excluding ortho intramolecular Hbond substituents is 1. The Hall–Kier alpha value is -7.03. The molecule has 0 unspecified atom stereocenters. The van der Waals surface area contributed by atoms with Crippen molar-refractivity contribution in [2.24, 2.45) is 10.7 Å². The zero-order valence-corrected chi connectivity index (χ0v) is 40.5. The number of unbranched alkanes of at least 4 members (excludes halogenated alkanes) is 2. The number of anilines is 1. The number of alkyl carbamates (subject to hydrolysis) is 1. The number of carbonyl (C=O) groups is 6. The molecule has 4 rings (SSSR count). The number of fused-ring (bicyclic) bond motifs is 1. The van der Waals surface area contributed by atoms with Crippen LogP contribution in [-0.4, -0.2) is 103 Å². The van der Waals surface area contributed by atoms with Crippen molar-refractivity contribution in [2.75, 3.05) is 44.6 Å². The summed E-state index contributed by atoms with van der Waals surface area (Å²) in [6, 6.07) is 13.6. The summed E-state index contributed by atoms with van der Waals surface area (Å²) in [5.74, 6) is -4.36. The number of hydrogen-bond acceptors (Lipinski definition) is 10. The fraction of sp³-hybridized carbons (Fsp3) is 0.490. The summed E-state index contributed by atoms with van der Waals surface area (Å²) >= 11 is 0. The van der Waals surface area contributed by atoms with Crippen molar-refractivity contribution in [2.45, 2.75) is 116 Å². The van der Waals surface area contributed by atoms with Crippen LogP contribution < -0.4 is 48.3 Å². The summed E-state index contributed by atoms with van der Waals surface area (Å²) < 4.78 is 34.5. The number of benzene rings is 3. The van der Waals surface area contributed by atoms with Crippen molar-refractivity contribution in [1.29, 1.82) is 0 Å². The van der Waals surface area contributed by atoms with Crippen LogP contribution in [0.1, 0.15) is 107 Å². The van der Waals surface area contributed by atoms with E-state index in [4.69, 9.17) is 10.5 Å². The third kappa shape index (κ3) is 19.5. The van der Waals surface area contributed by atoms with Crippen LogP contribution in [0.3, 0.4) is 0 Å². The first-order valence-electron chi connectivity index (χ1n) is 23.7. The first-order valence-corrected chi connectivity index (χ1v) is 23.7. The van der Waals surface area contributed by atoms with E-state index in [-0.39, 0.29) is 50.2 Å². The molecule has 21 heteroatoms. The molecule has 3 aromatic rings. The minimum Gasteiger partial charge on any atom is -0.508 e. The van der Waals surface area contributed by atoms with Gasteiger partial charge in [-0.1, -0.05) is 55.8 Å². The van der Waals surface area contributed by atoms with E-state index < -0.39 is 71.1 Å². The summed E-state index contributed by atoms with van der Waals surface area (Å²) in [4.78, 5) is 81.9. The maximum absolute atomic E-state index is 14.6. The Balaban J connectivity index is 1.35. The number of aliphatic imine (C=N–C) groups is 1. The lowest BCUT2D eigenvalue weighted by Gasteiger charge is -2.29. The number of phenols is 1. The van der Waals surface area contributed by atoms with E-state index in [1.54, 1.807) is 27.7 Å². The molecule has 19 nitrogen and oxygen atoms in total. The van der Waals surface area contributed by atoms with E-state index in [2.05, 4.69) is 47.5 Å².